The molecule has 2 rings (SSSR count). The minimum atomic E-state index is -1.11. The fourth-order valence-corrected chi connectivity index (χ4v) is 1.87. The van der Waals surface area contributed by atoms with E-state index in [2.05, 4.69) is 0 Å². The molecule has 0 aliphatic carbocycles. The summed E-state index contributed by atoms with van der Waals surface area (Å²) in [6.45, 7) is -0.447. The molecular formula is C9H11N3O7. The lowest BCUT2D eigenvalue weighted by atomic mass is 10.2. The molecule has 10 heteroatoms. The van der Waals surface area contributed by atoms with Crippen LogP contribution in [0.2, 0.25) is 0 Å². The molecule has 104 valence electrons. The summed E-state index contributed by atoms with van der Waals surface area (Å²) in [7, 11) is 0. The molecule has 1 aliphatic heterocycles. The van der Waals surface area contributed by atoms with E-state index in [4.69, 9.17) is 9.84 Å². The fraction of sp³-hybridized carbons (Fsp3) is 0.556. The number of rotatable bonds is 3. The largest absolute Gasteiger partial charge is 0.394 e. The summed E-state index contributed by atoms with van der Waals surface area (Å²) < 4.78 is 6.00. The molecule has 1 fully saturated rings. The molecule has 0 radical (unpaired) electrons. The number of hydrogen-bond donors (Lipinski definition) is 3. The number of aliphatic hydroxyl groups excluding tert-OH is 2. The molecule has 0 saturated carbocycles. The first kappa shape index (κ1) is 13.4. The molecule has 1 aliphatic rings. The Morgan fingerprint density at radius 1 is 1.58 bits per heavy atom. The first-order valence-electron chi connectivity index (χ1n) is 5.38. The maximum Gasteiger partial charge on any atom is 0.350 e. The Balaban J connectivity index is 2.41. The van der Waals surface area contributed by atoms with E-state index in [1.165, 1.54) is 0 Å². The number of aliphatic hydroxyl groups is 2. The normalized spacial score (nSPS) is 26.5. The molecule has 10 nitrogen and oxygen atoms in total. The second kappa shape index (κ2) is 4.91. The zero-order valence-corrected chi connectivity index (χ0v) is 9.55. The number of nitrogens with zero attached hydrogens (tertiary/aromatic N) is 2. The van der Waals surface area contributed by atoms with Crippen LogP contribution in [0.3, 0.4) is 0 Å². The molecule has 19 heavy (non-hydrogen) atoms. The van der Waals surface area contributed by atoms with Gasteiger partial charge in [-0.05, 0) is 0 Å². The van der Waals surface area contributed by atoms with Crippen LogP contribution in [0.5, 0.6) is 0 Å². The average Bonchev–Trinajstić information content (AvgIpc) is 2.69. The van der Waals surface area contributed by atoms with Crippen LogP contribution >= 0.6 is 0 Å². The van der Waals surface area contributed by atoms with Crippen molar-refractivity contribution in [3.63, 3.8) is 0 Å². The van der Waals surface area contributed by atoms with Crippen LogP contribution in [-0.4, -0.2) is 43.5 Å². The molecular weight excluding hydrogens is 262 g/mol. The van der Waals surface area contributed by atoms with E-state index in [0.29, 0.717) is 0 Å². The van der Waals surface area contributed by atoms with Gasteiger partial charge in [0.2, 0.25) is 0 Å². The van der Waals surface area contributed by atoms with Gasteiger partial charge in [-0.25, -0.2) is 4.79 Å². The first-order chi connectivity index (χ1) is 8.93. The van der Waals surface area contributed by atoms with Crippen LogP contribution in [0.15, 0.2) is 15.8 Å². The van der Waals surface area contributed by atoms with Gasteiger partial charge >= 0.3 is 16.9 Å². The maximum absolute atomic E-state index is 11.6. The predicted molar refractivity (Wildman–Crippen MR) is 59.6 cm³/mol. The van der Waals surface area contributed by atoms with Gasteiger partial charge in [0.05, 0.1) is 23.8 Å². The highest BCUT2D eigenvalue weighted by atomic mass is 16.6. The lowest BCUT2D eigenvalue weighted by Crippen LogP contribution is -2.33. The van der Waals surface area contributed by atoms with Gasteiger partial charge in [-0.3, -0.25) is 24.5 Å². The van der Waals surface area contributed by atoms with E-state index in [9.17, 15) is 24.8 Å². The molecule has 1 aromatic rings. The Bertz CT molecular complexity index is 607. The molecule has 1 saturated heterocycles. The molecule has 0 bridgehead atoms. The van der Waals surface area contributed by atoms with Gasteiger partial charge < -0.3 is 14.9 Å². The van der Waals surface area contributed by atoms with Gasteiger partial charge in [0.25, 0.3) is 0 Å². The number of H-pyrrole nitrogens is 1. The Labute approximate surface area is 105 Å². The lowest BCUT2D eigenvalue weighted by Gasteiger charge is -2.13. The van der Waals surface area contributed by atoms with E-state index in [-0.39, 0.29) is 6.42 Å². The molecule has 0 spiro atoms. The van der Waals surface area contributed by atoms with Crippen molar-refractivity contribution in [1.82, 2.24) is 9.55 Å². The van der Waals surface area contributed by atoms with Gasteiger partial charge in [0.15, 0.2) is 0 Å². The Kier molecular flexibility index (Phi) is 3.46. The third-order valence-electron chi connectivity index (χ3n) is 2.84. The van der Waals surface area contributed by atoms with Crippen molar-refractivity contribution in [2.75, 3.05) is 6.61 Å². The minimum absolute atomic E-state index is 0.0195. The van der Waals surface area contributed by atoms with Gasteiger partial charge in [0.1, 0.15) is 12.3 Å². The van der Waals surface area contributed by atoms with Crippen LogP contribution in [0, 0.1) is 10.1 Å². The molecule has 3 N–H and O–H groups in total. The number of nitro groups is 1. The van der Waals surface area contributed by atoms with Gasteiger partial charge in [-0.1, -0.05) is 0 Å². The van der Waals surface area contributed by atoms with Crippen LogP contribution in [0.4, 0.5) is 5.69 Å². The summed E-state index contributed by atoms with van der Waals surface area (Å²) in [5.41, 5.74) is -2.79. The van der Waals surface area contributed by atoms with Crippen molar-refractivity contribution in [3.8, 4) is 0 Å². The first-order valence-corrected chi connectivity index (χ1v) is 5.38. The van der Waals surface area contributed by atoms with Gasteiger partial charge in [0, 0.05) is 6.42 Å². The zero-order chi connectivity index (χ0) is 14.2. The van der Waals surface area contributed by atoms with Crippen molar-refractivity contribution in [1.29, 1.82) is 0 Å². The van der Waals surface area contributed by atoms with E-state index < -0.39 is 46.9 Å². The zero-order valence-electron chi connectivity index (χ0n) is 9.55. The van der Waals surface area contributed by atoms with E-state index in [1.807, 2.05) is 0 Å². The maximum atomic E-state index is 11.6. The monoisotopic (exact) mass is 273 g/mol. The second-order valence-corrected chi connectivity index (χ2v) is 4.05. The number of aromatic amines is 1. The van der Waals surface area contributed by atoms with E-state index in [1.54, 1.807) is 4.98 Å². The third kappa shape index (κ3) is 2.41. The smallest absolute Gasteiger partial charge is 0.350 e. The minimum Gasteiger partial charge on any atom is -0.394 e. The standard InChI is InChI=1S/C9H11N3O7/c13-3-6-5(14)1-7(19-6)11-2-4(12(17)18)8(15)10-9(11)16/h2,5-7,13-14H,1,3H2,(H,10,15,16). The number of aromatic nitrogens is 2. The summed E-state index contributed by atoms with van der Waals surface area (Å²) in [5, 5.41) is 29.1. The summed E-state index contributed by atoms with van der Waals surface area (Å²) in [5.74, 6) is 0. The highest BCUT2D eigenvalue weighted by molar-refractivity contribution is 5.21. The average molecular weight is 273 g/mol. The SMILES string of the molecule is O=c1[nH]c(=O)n(C2CC(O)C(CO)O2)cc1[N+](=O)[O-]. The Hall–Kier alpha value is -2.04. The predicted octanol–water partition coefficient (Wildman–Crippen LogP) is -1.91. The summed E-state index contributed by atoms with van der Waals surface area (Å²) in [6.07, 6.45) is -2.10. The van der Waals surface area contributed by atoms with Crippen molar-refractivity contribution in [3.05, 3.63) is 37.1 Å². The highest BCUT2D eigenvalue weighted by Gasteiger charge is 2.35. The summed E-state index contributed by atoms with van der Waals surface area (Å²) in [6, 6.07) is 0. The highest BCUT2D eigenvalue weighted by Crippen LogP contribution is 2.27. The molecule has 0 amide bonds. The van der Waals surface area contributed by atoms with Crippen LogP contribution in [0.25, 0.3) is 0 Å². The quantitative estimate of drug-likeness (QED) is 0.429. The summed E-state index contributed by atoms with van der Waals surface area (Å²) in [4.78, 5) is 34.3. The van der Waals surface area contributed by atoms with Crippen LogP contribution in [0.1, 0.15) is 12.6 Å². The summed E-state index contributed by atoms with van der Waals surface area (Å²) >= 11 is 0. The second-order valence-electron chi connectivity index (χ2n) is 4.05. The fourth-order valence-electron chi connectivity index (χ4n) is 1.87. The third-order valence-corrected chi connectivity index (χ3v) is 2.84. The van der Waals surface area contributed by atoms with Crippen LogP contribution in [-0.2, 0) is 4.74 Å². The van der Waals surface area contributed by atoms with E-state index >= 15 is 0 Å². The Morgan fingerprint density at radius 3 is 2.79 bits per heavy atom. The van der Waals surface area contributed by atoms with Gasteiger partial charge in [-0.15, -0.1) is 0 Å². The molecule has 1 aromatic heterocycles. The number of hydrogen-bond acceptors (Lipinski definition) is 7. The lowest BCUT2D eigenvalue weighted by molar-refractivity contribution is -0.387. The number of ether oxygens (including phenoxy) is 1. The topological polar surface area (TPSA) is 148 Å². The molecule has 0 aromatic carbocycles. The molecule has 3 unspecified atom stereocenters. The van der Waals surface area contributed by atoms with Crippen molar-refractivity contribution >= 4 is 5.69 Å². The van der Waals surface area contributed by atoms with Crippen LogP contribution < -0.4 is 11.2 Å². The van der Waals surface area contributed by atoms with E-state index in [0.717, 1.165) is 10.8 Å². The van der Waals surface area contributed by atoms with Crippen molar-refractivity contribution < 1.29 is 19.9 Å². The molecule has 2 heterocycles. The molecule has 3 atom stereocenters. The van der Waals surface area contributed by atoms with Gasteiger partial charge in [-0.2, -0.15) is 0 Å². The number of nitrogens with one attached hydrogen (secondary N) is 1. The Morgan fingerprint density at radius 2 is 2.26 bits per heavy atom. The van der Waals surface area contributed by atoms with Crippen molar-refractivity contribution in [2.45, 2.75) is 24.9 Å². The van der Waals surface area contributed by atoms with Crippen molar-refractivity contribution in [2.24, 2.45) is 0 Å².